The van der Waals surface area contributed by atoms with Crippen molar-refractivity contribution in [3.05, 3.63) is 30.2 Å². The average molecular weight is 378 g/mol. The van der Waals surface area contributed by atoms with Gasteiger partial charge in [-0.1, -0.05) is 38.6 Å². The Morgan fingerprint density at radius 2 is 2.04 bits per heavy atom. The molecule has 8 heteroatoms. The molecule has 142 valence electrons. The molecule has 0 saturated heterocycles. The molecule has 26 heavy (non-hydrogen) atoms. The molecule has 0 saturated carbocycles. The molecule has 2 atom stereocenters. The minimum Gasteiger partial charge on any atom is -0.438 e. The Balaban J connectivity index is 2.05. The van der Waals surface area contributed by atoms with Gasteiger partial charge in [-0.25, -0.2) is 4.98 Å². The Hall–Kier alpha value is -2.19. The Labute approximate surface area is 154 Å². The fraction of sp³-hybridized carbons (Fsp3) is 0.500. The first kappa shape index (κ1) is 20.1. The number of nitrogens with two attached hydrogens (primary N) is 1. The summed E-state index contributed by atoms with van der Waals surface area (Å²) in [6.07, 6.45) is 0.544. The Morgan fingerprint density at radius 1 is 1.35 bits per heavy atom. The largest absolute Gasteiger partial charge is 0.438 e. The lowest BCUT2D eigenvalue weighted by Crippen LogP contribution is -2.44. The molecule has 2 aromatic rings. The predicted molar refractivity (Wildman–Crippen MR) is 102 cm³/mol. The number of primary amides is 1. The number of carbonyl (C=O) groups excluding carboxylic acids is 2. The molecule has 0 aliphatic carbocycles. The van der Waals surface area contributed by atoms with Crippen LogP contribution in [0.5, 0.6) is 0 Å². The van der Waals surface area contributed by atoms with Crippen molar-refractivity contribution >= 4 is 30.6 Å². The van der Waals surface area contributed by atoms with Crippen LogP contribution < -0.4 is 11.1 Å². The summed E-state index contributed by atoms with van der Waals surface area (Å²) >= 11 is 0. The monoisotopic (exact) mass is 377 g/mol. The molecule has 0 aliphatic heterocycles. The smallest absolute Gasteiger partial charge is 0.226 e. The van der Waals surface area contributed by atoms with E-state index in [0.717, 1.165) is 6.42 Å². The maximum atomic E-state index is 12.3. The second-order valence-corrected chi connectivity index (χ2v) is 11.9. The van der Waals surface area contributed by atoms with Gasteiger partial charge in [0.05, 0.1) is 6.04 Å². The first-order chi connectivity index (χ1) is 12.2. The molecule has 1 aromatic carbocycles. The van der Waals surface area contributed by atoms with Gasteiger partial charge < -0.3 is 20.6 Å². The third-order valence-corrected chi connectivity index (χ3v) is 7.37. The number of hydrogen-bond donors (Lipinski definition) is 3. The van der Waals surface area contributed by atoms with E-state index in [1.165, 1.54) is 0 Å². The van der Waals surface area contributed by atoms with Crippen LogP contribution in [0.3, 0.4) is 0 Å². The first-order valence-corrected chi connectivity index (χ1v) is 12.1. The van der Waals surface area contributed by atoms with E-state index >= 15 is 0 Å². The zero-order chi connectivity index (χ0) is 19.3. The van der Waals surface area contributed by atoms with E-state index in [0.29, 0.717) is 23.6 Å². The summed E-state index contributed by atoms with van der Waals surface area (Å²) in [4.78, 5) is 28.0. The van der Waals surface area contributed by atoms with Crippen LogP contribution in [0.1, 0.15) is 38.2 Å². The quantitative estimate of drug-likeness (QED) is 0.581. The van der Waals surface area contributed by atoms with Crippen LogP contribution in [0.4, 0.5) is 4.79 Å². The number of nitrogens with one attached hydrogen (secondary N) is 1. The highest BCUT2D eigenvalue weighted by molar-refractivity contribution is 7.04. The van der Waals surface area contributed by atoms with Crippen molar-refractivity contribution in [2.45, 2.75) is 57.5 Å². The number of para-hydroxylation sites is 2. The minimum absolute atomic E-state index is 0.191. The fourth-order valence-electron chi connectivity index (χ4n) is 2.64. The zero-order valence-electron chi connectivity index (χ0n) is 15.5. The molecule has 1 heterocycles. The van der Waals surface area contributed by atoms with Crippen LogP contribution in [0, 0.1) is 0 Å². The first-order valence-electron chi connectivity index (χ1n) is 8.87. The van der Waals surface area contributed by atoms with Crippen molar-refractivity contribution < 1.29 is 19.1 Å². The Morgan fingerprint density at radius 3 is 2.65 bits per heavy atom. The van der Waals surface area contributed by atoms with Gasteiger partial charge in [-0.3, -0.25) is 9.59 Å². The number of hydrogen-bond acceptors (Lipinski definition) is 5. The summed E-state index contributed by atoms with van der Waals surface area (Å²) in [6, 6.07) is 7.24. The predicted octanol–water partition coefficient (Wildman–Crippen LogP) is 2.91. The van der Waals surface area contributed by atoms with Gasteiger partial charge in [0.2, 0.25) is 11.8 Å². The number of carbonyl (C=O) groups is 2. The van der Waals surface area contributed by atoms with Crippen molar-refractivity contribution in [1.29, 1.82) is 0 Å². The molecule has 2 amide bonds. The molecule has 0 fully saturated rings. The van der Waals surface area contributed by atoms with Gasteiger partial charge in [-0.15, -0.1) is 0 Å². The van der Waals surface area contributed by atoms with Crippen LogP contribution in [-0.4, -0.2) is 35.6 Å². The number of amides is 2. The molecule has 1 aromatic heterocycles. The molecule has 4 N–H and O–H groups in total. The van der Waals surface area contributed by atoms with Gasteiger partial charge in [-0.05, 0) is 24.6 Å². The molecule has 1 unspecified atom stereocenters. The van der Waals surface area contributed by atoms with Crippen molar-refractivity contribution in [1.82, 2.24) is 10.3 Å². The molecule has 2 rings (SSSR count). The van der Waals surface area contributed by atoms with Crippen molar-refractivity contribution in [2.75, 3.05) is 0 Å². The van der Waals surface area contributed by atoms with E-state index in [1.54, 1.807) is 12.1 Å². The number of oxazole rings is 1. The third-order valence-electron chi connectivity index (χ3n) is 4.53. The van der Waals surface area contributed by atoms with E-state index in [-0.39, 0.29) is 23.7 Å². The maximum Gasteiger partial charge on any atom is 0.226 e. The number of benzene rings is 1. The second kappa shape index (κ2) is 8.46. The number of rotatable bonds is 9. The van der Waals surface area contributed by atoms with E-state index in [1.807, 2.05) is 32.2 Å². The lowest BCUT2D eigenvalue weighted by molar-refractivity contribution is -0.122. The summed E-state index contributed by atoms with van der Waals surface area (Å²) < 4.78 is 5.62. The van der Waals surface area contributed by atoms with Crippen LogP contribution in [-0.2, 0) is 4.79 Å². The Bertz CT molecular complexity index is 742. The van der Waals surface area contributed by atoms with Gasteiger partial charge in [0.1, 0.15) is 5.52 Å². The lowest BCUT2D eigenvalue weighted by Gasteiger charge is -2.23. The Kier molecular flexibility index (Phi) is 6.55. The van der Waals surface area contributed by atoms with Crippen molar-refractivity contribution in [3.8, 4) is 0 Å². The van der Waals surface area contributed by atoms with Gasteiger partial charge in [-0.2, -0.15) is 0 Å². The summed E-state index contributed by atoms with van der Waals surface area (Å²) in [5.41, 5.74) is 6.35. The zero-order valence-corrected chi connectivity index (χ0v) is 16.5. The number of fused-ring (bicyclic) bond motifs is 1. The van der Waals surface area contributed by atoms with Gasteiger partial charge in [0.15, 0.2) is 25.3 Å². The van der Waals surface area contributed by atoms with E-state index in [9.17, 15) is 14.7 Å². The molecule has 0 radical (unpaired) electrons. The molecule has 7 nitrogen and oxygen atoms in total. The van der Waals surface area contributed by atoms with Crippen LogP contribution in [0.15, 0.2) is 28.7 Å². The maximum absolute atomic E-state index is 12.3. The average Bonchev–Trinajstić information content (AvgIpc) is 3.03. The standard InChI is InChI=1S/C18H27N3O4Si/c1-4-7-13(20-15(22)10-11-26(2,3)18(19)24)16(23)17-21-12-8-5-6-9-14(12)25-17/h5-6,8-9,13,16,23H,4,7,10-11H2,1-3H3,(H2,19,24)(H,20,22)/t13-,16?/m1/s1. The van der Waals surface area contributed by atoms with E-state index in [2.05, 4.69) is 10.3 Å². The summed E-state index contributed by atoms with van der Waals surface area (Å²) in [6.45, 7) is 5.67. The van der Waals surface area contributed by atoms with Gasteiger partial charge in [0.25, 0.3) is 0 Å². The van der Waals surface area contributed by atoms with Crippen molar-refractivity contribution in [3.63, 3.8) is 0 Å². The number of aliphatic hydroxyl groups is 1. The second-order valence-electron chi connectivity index (χ2n) is 7.18. The van der Waals surface area contributed by atoms with Crippen molar-refractivity contribution in [2.24, 2.45) is 5.73 Å². The lowest BCUT2D eigenvalue weighted by atomic mass is 10.1. The number of aliphatic hydroxyl groups excluding tert-OH is 1. The molecule has 0 bridgehead atoms. The normalized spacial score (nSPS) is 14.2. The minimum atomic E-state index is -2.24. The highest BCUT2D eigenvalue weighted by Crippen LogP contribution is 2.24. The SMILES string of the molecule is CCC[C@@H](NC(=O)CC[Si](C)(C)C(N)=O)C(O)c1nc2ccccc2o1. The molecular formula is C18H27N3O4Si. The highest BCUT2D eigenvalue weighted by atomic mass is 28.3. The molecular weight excluding hydrogens is 350 g/mol. The highest BCUT2D eigenvalue weighted by Gasteiger charge is 2.30. The fourth-order valence-corrected chi connectivity index (χ4v) is 3.74. The van der Waals surface area contributed by atoms with E-state index < -0.39 is 20.2 Å². The topological polar surface area (TPSA) is 118 Å². The third kappa shape index (κ3) is 4.92. The summed E-state index contributed by atoms with van der Waals surface area (Å²) in [5.74, 6) is -0.0165. The summed E-state index contributed by atoms with van der Waals surface area (Å²) in [5, 5.41) is 13.5. The van der Waals surface area contributed by atoms with Gasteiger partial charge >= 0.3 is 0 Å². The van der Waals surface area contributed by atoms with Crippen LogP contribution in [0.25, 0.3) is 11.1 Å². The molecule has 0 spiro atoms. The number of nitrogens with zero attached hydrogens (tertiary/aromatic N) is 1. The van der Waals surface area contributed by atoms with Gasteiger partial charge in [0, 0.05) is 6.42 Å². The molecule has 0 aliphatic rings. The number of aromatic nitrogens is 1. The van der Waals surface area contributed by atoms with E-state index in [4.69, 9.17) is 10.2 Å². The van der Waals surface area contributed by atoms with Crippen LogP contribution in [0.2, 0.25) is 19.1 Å². The van der Waals surface area contributed by atoms with Crippen LogP contribution >= 0.6 is 0 Å². The summed E-state index contributed by atoms with van der Waals surface area (Å²) in [7, 11) is -2.24.